The van der Waals surface area contributed by atoms with Gasteiger partial charge in [-0.15, -0.1) is 0 Å². The van der Waals surface area contributed by atoms with E-state index in [1.165, 1.54) is 64.2 Å². The summed E-state index contributed by atoms with van der Waals surface area (Å²) in [6, 6.07) is 0. The summed E-state index contributed by atoms with van der Waals surface area (Å²) in [7, 11) is -4.05. The Morgan fingerprint density at radius 2 is 1.76 bits per heavy atom. The summed E-state index contributed by atoms with van der Waals surface area (Å²) < 4.78 is 30.4. The smallest absolute Gasteiger partial charge is 0.862 e. The SMILES string of the molecule is C[C@H](CCC([O-])=NCCS(=O)(=O)O)[C@H]1CC[C@H]2[C@@H]3CC[C@@H]4CCCC[C@]4(C)[C@H]3CC[C@]12C.[Na+]. The standard InChI is InChI=1S/C26H45NO4S.Na/c1-18(7-12-24(28)27-16-17-32(29,30)31)21-10-11-22-20-9-8-19-6-4-5-14-25(19,2)23(20)13-15-26(21,22)3;/h18-23H,4-17H2,1-3H3,(H,27,28)(H,29,30,31);/q;+1/p-1/t18-,19+,20+,21-,22+,23+,25+,26-;/m1./s1. The molecular weight excluding hydrogens is 445 g/mol. The van der Waals surface area contributed by atoms with Gasteiger partial charge in [0.1, 0.15) is 0 Å². The molecular formula is C26H44NNaO4S. The van der Waals surface area contributed by atoms with Crippen LogP contribution in [0.2, 0.25) is 0 Å². The van der Waals surface area contributed by atoms with Crippen molar-refractivity contribution in [2.24, 2.45) is 51.3 Å². The maximum atomic E-state index is 12.1. The predicted octanol–water partition coefficient (Wildman–Crippen LogP) is 2.10. The molecule has 0 aromatic heterocycles. The van der Waals surface area contributed by atoms with Gasteiger partial charge in [0.25, 0.3) is 10.1 Å². The number of fused-ring (bicyclic) bond motifs is 5. The minimum absolute atomic E-state index is 0. The molecule has 4 rings (SSSR count). The second kappa shape index (κ2) is 10.8. The van der Waals surface area contributed by atoms with E-state index in [0.29, 0.717) is 29.1 Å². The Morgan fingerprint density at radius 3 is 2.48 bits per heavy atom. The van der Waals surface area contributed by atoms with Gasteiger partial charge in [-0.3, -0.25) is 4.55 Å². The van der Waals surface area contributed by atoms with Crippen LogP contribution in [0.15, 0.2) is 4.99 Å². The summed E-state index contributed by atoms with van der Waals surface area (Å²) in [5, 5.41) is 12.1. The van der Waals surface area contributed by atoms with Crippen LogP contribution in [0.3, 0.4) is 0 Å². The molecule has 0 saturated heterocycles. The summed E-state index contributed by atoms with van der Waals surface area (Å²) in [6.07, 6.45) is 15.3. The fourth-order valence-corrected chi connectivity index (χ4v) is 9.51. The van der Waals surface area contributed by atoms with Crippen LogP contribution in [-0.4, -0.2) is 31.2 Å². The third-order valence-electron chi connectivity index (χ3n) is 10.8. The van der Waals surface area contributed by atoms with Gasteiger partial charge in [0, 0.05) is 0 Å². The first-order chi connectivity index (χ1) is 15.0. The van der Waals surface area contributed by atoms with Gasteiger partial charge in [0.15, 0.2) is 0 Å². The summed E-state index contributed by atoms with van der Waals surface area (Å²) in [5.74, 6) is 4.11. The molecule has 0 heterocycles. The van der Waals surface area contributed by atoms with E-state index < -0.39 is 15.9 Å². The quantitative estimate of drug-likeness (QED) is 0.257. The zero-order valence-electron chi connectivity index (χ0n) is 21.4. The van der Waals surface area contributed by atoms with Crippen molar-refractivity contribution in [1.29, 1.82) is 0 Å². The fraction of sp³-hybridized carbons (Fsp3) is 0.962. The molecule has 0 radical (unpaired) electrons. The molecule has 0 aromatic rings. The Bertz CT molecular complexity index is 817. The molecule has 4 aliphatic carbocycles. The Kier molecular flexibility index (Phi) is 9.14. The number of hydrogen-bond donors (Lipinski definition) is 1. The molecule has 8 atom stereocenters. The van der Waals surface area contributed by atoms with Gasteiger partial charge < -0.3 is 10.1 Å². The van der Waals surface area contributed by atoms with E-state index in [4.69, 9.17) is 4.55 Å². The average molecular weight is 490 g/mol. The maximum Gasteiger partial charge on any atom is 1.00 e. The largest absolute Gasteiger partial charge is 1.00 e. The minimum atomic E-state index is -4.05. The molecule has 4 saturated carbocycles. The maximum absolute atomic E-state index is 12.1. The molecule has 184 valence electrons. The molecule has 0 spiro atoms. The Balaban J connectivity index is 0.00000306. The number of nitrogens with zero attached hydrogens (tertiary/aromatic N) is 1. The summed E-state index contributed by atoms with van der Waals surface area (Å²) in [5.41, 5.74) is 0.992. The van der Waals surface area contributed by atoms with E-state index in [1.54, 1.807) is 0 Å². The molecule has 0 aliphatic heterocycles. The van der Waals surface area contributed by atoms with E-state index in [-0.39, 0.29) is 42.0 Å². The molecule has 4 aliphatic rings. The molecule has 4 fully saturated rings. The third-order valence-corrected chi connectivity index (χ3v) is 11.5. The van der Waals surface area contributed by atoms with Crippen LogP contribution in [0.4, 0.5) is 0 Å². The molecule has 0 amide bonds. The van der Waals surface area contributed by atoms with Crippen molar-refractivity contribution in [3.05, 3.63) is 0 Å². The Labute approximate surface area is 224 Å². The van der Waals surface area contributed by atoms with Crippen molar-refractivity contribution in [3.63, 3.8) is 0 Å². The van der Waals surface area contributed by atoms with Gasteiger partial charge in [-0.05, 0) is 116 Å². The first kappa shape index (κ1) is 28.0. The van der Waals surface area contributed by atoms with Crippen molar-refractivity contribution < 1.29 is 47.6 Å². The molecule has 0 aromatic carbocycles. The van der Waals surface area contributed by atoms with Gasteiger partial charge in [0.2, 0.25) is 0 Å². The van der Waals surface area contributed by atoms with E-state index in [0.717, 1.165) is 30.1 Å². The third kappa shape index (κ3) is 5.70. The zero-order chi connectivity index (χ0) is 23.1. The van der Waals surface area contributed by atoms with Crippen molar-refractivity contribution in [1.82, 2.24) is 0 Å². The van der Waals surface area contributed by atoms with Gasteiger partial charge in [0.05, 0.1) is 12.3 Å². The van der Waals surface area contributed by atoms with Crippen molar-refractivity contribution in [2.45, 2.75) is 97.8 Å². The Morgan fingerprint density at radius 1 is 1.03 bits per heavy atom. The van der Waals surface area contributed by atoms with Crippen LogP contribution in [0.5, 0.6) is 0 Å². The monoisotopic (exact) mass is 489 g/mol. The second-order valence-corrected chi connectivity index (χ2v) is 13.8. The predicted molar refractivity (Wildman–Crippen MR) is 127 cm³/mol. The van der Waals surface area contributed by atoms with E-state index in [1.807, 2.05) is 0 Å². The molecule has 33 heavy (non-hydrogen) atoms. The van der Waals surface area contributed by atoms with Crippen molar-refractivity contribution in [2.75, 3.05) is 12.3 Å². The first-order valence-corrected chi connectivity index (χ1v) is 14.8. The van der Waals surface area contributed by atoms with Crippen LogP contribution in [-0.2, 0) is 10.1 Å². The minimum Gasteiger partial charge on any atom is -0.862 e. The second-order valence-electron chi connectivity index (χ2n) is 12.2. The summed E-state index contributed by atoms with van der Waals surface area (Å²) in [4.78, 5) is 3.83. The molecule has 5 nitrogen and oxygen atoms in total. The molecule has 0 unspecified atom stereocenters. The number of hydrogen-bond acceptors (Lipinski definition) is 4. The summed E-state index contributed by atoms with van der Waals surface area (Å²) in [6.45, 7) is 7.38. The van der Waals surface area contributed by atoms with Gasteiger partial charge in [-0.2, -0.15) is 8.42 Å². The number of aliphatic imine (C=N–C) groups is 1. The van der Waals surface area contributed by atoms with Crippen LogP contribution in [0.25, 0.3) is 0 Å². The van der Waals surface area contributed by atoms with Crippen LogP contribution >= 0.6 is 0 Å². The number of rotatable bonds is 7. The molecule has 1 N–H and O–H groups in total. The Hall–Kier alpha value is 0.380. The topological polar surface area (TPSA) is 89.8 Å². The first-order valence-electron chi connectivity index (χ1n) is 13.2. The van der Waals surface area contributed by atoms with Gasteiger partial charge in [-0.25, -0.2) is 0 Å². The molecule has 0 bridgehead atoms. The summed E-state index contributed by atoms with van der Waals surface area (Å²) >= 11 is 0. The normalized spacial score (nSPS) is 41.9. The fourth-order valence-electron chi connectivity index (χ4n) is 9.19. The van der Waals surface area contributed by atoms with Gasteiger partial charge >= 0.3 is 29.6 Å². The average Bonchev–Trinajstić information content (AvgIpc) is 3.08. The van der Waals surface area contributed by atoms with Crippen LogP contribution < -0.4 is 34.7 Å². The molecule has 7 heteroatoms. The van der Waals surface area contributed by atoms with Crippen molar-refractivity contribution >= 4 is 16.0 Å². The van der Waals surface area contributed by atoms with E-state index >= 15 is 0 Å². The van der Waals surface area contributed by atoms with Crippen molar-refractivity contribution in [3.8, 4) is 0 Å². The van der Waals surface area contributed by atoms with Crippen LogP contribution in [0.1, 0.15) is 97.8 Å². The zero-order valence-corrected chi connectivity index (χ0v) is 24.2. The van der Waals surface area contributed by atoms with E-state index in [2.05, 4.69) is 25.8 Å². The van der Waals surface area contributed by atoms with Gasteiger partial charge in [-0.1, -0.05) is 33.6 Å². The van der Waals surface area contributed by atoms with E-state index in [9.17, 15) is 13.5 Å². The van der Waals surface area contributed by atoms with Crippen LogP contribution in [0, 0.1) is 46.3 Å².